The molecule has 0 N–H and O–H groups in total. The van der Waals surface area contributed by atoms with Gasteiger partial charge in [0.25, 0.3) is 10.0 Å². The molecule has 0 aliphatic rings. The van der Waals surface area contributed by atoms with Crippen LogP contribution in [0.25, 0.3) is 0 Å². The SMILES string of the molecule is O=S(=O)(c1cc(Br)ccc1F)N(Cc1ccco1)c1ccccn1. The third-order valence-corrected chi connectivity index (χ3v) is 5.50. The molecule has 0 spiro atoms. The van der Waals surface area contributed by atoms with Crippen molar-refractivity contribution in [2.45, 2.75) is 11.4 Å². The first-order valence-corrected chi connectivity index (χ1v) is 9.13. The van der Waals surface area contributed by atoms with Gasteiger partial charge >= 0.3 is 0 Å². The Morgan fingerprint density at radius 1 is 1.17 bits per heavy atom. The number of furan rings is 1. The molecule has 3 aromatic rings. The number of hydrogen-bond donors (Lipinski definition) is 0. The second-order valence-corrected chi connectivity index (χ2v) is 7.60. The van der Waals surface area contributed by atoms with Crippen LogP contribution < -0.4 is 4.31 Å². The molecule has 0 aliphatic carbocycles. The van der Waals surface area contributed by atoms with Crippen LogP contribution >= 0.6 is 15.9 Å². The summed E-state index contributed by atoms with van der Waals surface area (Å²) in [5, 5.41) is 0. The maximum atomic E-state index is 14.1. The van der Waals surface area contributed by atoms with Gasteiger partial charge in [0, 0.05) is 10.7 Å². The summed E-state index contributed by atoms with van der Waals surface area (Å²) in [6, 6.07) is 11.9. The first-order valence-electron chi connectivity index (χ1n) is 6.90. The van der Waals surface area contributed by atoms with Gasteiger partial charge in [-0.15, -0.1) is 0 Å². The first-order chi connectivity index (χ1) is 11.5. The number of anilines is 1. The summed E-state index contributed by atoms with van der Waals surface area (Å²) >= 11 is 3.17. The normalized spacial score (nSPS) is 11.4. The lowest BCUT2D eigenvalue weighted by atomic mass is 10.3. The van der Waals surface area contributed by atoms with Crippen molar-refractivity contribution >= 4 is 31.8 Å². The molecule has 2 heterocycles. The molecule has 1 aromatic carbocycles. The fourth-order valence-electron chi connectivity index (χ4n) is 2.13. The topological polar surface area (TPSA) is 63.4 Å². The minimum Gasteiger partial charge on any atom is -0.467 e. The average Bonchev–Trinajstić information content (AvgIpc) is 3.08. The molecule has 0 unspecified atom stereocenters. The summed E-state index contributed by atoms with van der Waals surface area (Å²) in [6.07, 6.45) is 2.91. The molecule has 0 radical (unpaired) electrons. The predicted molar refractivity (Wildman–Crippen MR) is 90.4 cm³/mol. The second-order valence-electron chi connectivity index (χ2n) is 4.85. The van der Waals surface area contributed by atoms with E-state index < -0.39 is 20.7 Å². The van der Waals surface area contributed by atoms with Gasteiger partial charge in [-0.25, -0.2) is 22.1 Å². The van der Waals surface area contributed by atoms with Crippen LogP contribution in [0.5, 0.6) is 0 Å². The van der Waals surface area contributed by atoms with Crippen LogP contribution in [-0.2, 0) is 16.6 Å². The summed E-state index contributed by atoms with van der Waals surface area (Å²) in [6.45, 7) is -0.0989. The van der Waals surface area contributed by atoms with Gasteiger partial charge < -0.3 is 4.42 Å². The van der Waals surface area contributed by atoms with E-state index in [2.05, 4.69) is 20.9 Å². The van der Waals surface area contributed by atoms with Crippen molar-refractivity contribution in [3.05, 3.63) is 77.0 Å². The Kier molecular flexibility index (Phi) is 4.68. The molecule has 3 rings (SSSR count). The molecule has 0 aliphatic heterocycles. The number of benzene rings is 1. The van der Waals surface area contributed by atoms with Crippen LogP contribution in [0.15, 0.2) is 74.8 Å². The number of aromatic nitrogens is 1. The smallest absolute Gasteiger partial charge is 0.268 e. The number of sulfonamides is 1. The van der Waals surface area contributed by atoms with Crippen molar-refractivity contribution in [3.8, 4) is 0 Å². The summed E-state index contributed by atoms with van der Waals surface area (Å²) in [5.74, 6) is -0.244. The van der Waals surface area contributed by atoms with E-state index in [1.165, 1.54) is 30.7 Å². The van der Waals surface area contributed by atoms with E-state index >= 15 is 0 Å². The van der Waals surface area contributed by atoms with E-state index in [1.807, 2.05) is 0 Å². The highest BCUT2D eigenvalue weighted by Crippen LogP contribution is 2.28. The third kappa shape index (κ3) is 3.34. The minimum absolute atomic E-state index is 0.0989. The Labute approximate surface area is 146 Å². The quantitative estimate of drug-likeness (QED) is 0.638. The van der Waals surface area contributed by atoms with Crippen molar-refractivity contribution < 1.29 is 17.2 Å². The monoisotopic (exact) mass is 410 g/mol. The van der Waals surface area contributed by atoms with Crippen LogP contribution in [0, 0.1) is 5.82 Å². The Bertz CT molecular complexity index is 931. The fourth-order valence-corrected chi connectivity index (χ4v) is 4.12. The molecule has 24 heavy (non-hydrogen) atoms. The zero-order valence-electron chi connectivity index (χ0n) is 12.3. The molecule has 124 valence electrons. The molecule has 5 nitrogen and oxygen atoms in total. The number of rotatable bonds is 5. The standard InChI is InChI=1S/C16H12BrFN2O3S/c17-12-6-7-14(18)15(10-12)24(21,22)20(11-13-4-3-9-23-13)16-5-1-2-8-19-16/h1-10H,11H2. The Morgan fingerprint density at radius 2 is 2.00 bits per heavy atom. The summed E-state index contributed by atoms with van der Waals surface area (Å²) in [5.41, 5.74) is 0. The van der Waals surface area contributed by atoms with E-state index in [0.29, 0.717) is 10.2 Å². The number of hydrogen-bond acceptors (Lipinski definition) is 4. The van der Waals surface area contributed by atoms with Crippen LogP contribution in [0.2, 0.25) is 0 Å². The summed E-state index contributed by atoms with van der Waals surface area (Å²) in [4.78, 5) is 3.64. The zero-order chi connectivity index (χ0) is 17.2. The Morgan fingerprint density at radius 3 is 2.67 bits per heavy atom. The summed E-state index contributed by atoms with van der Waals surface area (Å²) in [7, 11) is -4.18. The van der Waals surface area contributed by atoms with Crippen LogP contribution in [0.4, 0.5) is 10.2 Å². The molecular weight excluding hydrogens is 399 g/mol. The van der Waals surface area contributed by atoms with Crippen molar-refractivity contribution in [1.29, 1.82) is 0 Å². The highest BCUT2D eigenvalue weighted by atomic mass is 79.9. The van der Waals surface area contributed by atoms with Crippen molar-refractivity contribution in [2.75, 3.05) is 4.31 Å². The maximum absolute atomic E-state index is 14.1. The van der Waals surface area contributed by atoms with Gasteiger partial charge in [0.05, 0.1) is 12.8 Å². The number of nitrogens with zero attached hydrogens (tertiary/aromatic N) is 2. The van der Waals surface area contributed by atoms with Gasteiger partial charge in [-0.1, -0.05) is 22.0 Å². The van der Waals surface area contributed by atoms with Gasteiger partial charge in [-0.3, -0.25) is 0 Å². The average molecular weight is 411 g/mol. The molecule has 8 heteroatoms. The van der Waals surface area contributed by atoms with Crippen molar-refractivity contribution in [2.24, 2.45) is 0 Å². The van der Waals surface area contributed by atoms with Gasteiger partial charge in [-0.2, -0.15) is 0 Å². The van der Waals surface area contributed by atoms with E-state index in [4.69, 9.17) is 4.42 Å². The third-order valence-electron chi connectivity index (χ3n) is 3.25. The molecular formula is C16H12BrFN2O3S. The van der Waals surface area contributed by atoms with Gasteiger partial charge in [0.2, 0.25) is 0 Å². The van der Waals surface area contributed by atoms with Crippen LogP contribution in [-0.4, -0.2) is 13.4 Å². The fraction of sp³-hybridized carbons (Fsp3) is 0.0625. The van der Waals surface area contributed by atoms with Crippen molar-refractivity contribution in [1.82, 2.24) is 4.98 Å². The van der Waals surface area contributed by atoms with Gasteiger partial charge in [-0.05, 0) is 42.5 Å². The lowest BCUT2D eigenvalue weighted by Crippen LogP contribution is -2.31. The van der Waals surface area contributed by atoms with Gasteiger partial charge in [0.15, 0.2) is 0 Å². The second kappa shape index (κ2) is 6.74. The lowest BCUT2D eigenvalue weighted by Gasteiger charge is -2.22. The number of halogens is 2. The van der Waals surface area contributed by atoms with Crippen LogP contribution in [0.3, 0.4) is 0 Å². The molecule has 0 bridgehead atoms. The molecule has 2 aromatic heterocycles. The Balaban J connectivity index is 2.12. The van der Waals surface area contributed by atoms with Crippen LogP contribution in [0.1, 0.15) is 5.76 Å². The maximum Gasteiger partial charge on any atom is 0.268 e. The number of pyridine rings is 1. The molecule has 0 saturated heterocycles. The minimum atomic E-state index is -4.18. The predicted octanol–water partition coefficient (Wildman–Crippen LogP) is 3.97. The first kappa shape index (κ1) is 16.7. The largest absolute Gasteiger partial charge is 0.467 e. The van der Waals surface area contributed by atoms with E-state index in [1.54, 1.807) is 24.3 Å². The molecule has 0 atom stereocenters. The highest BCUT2D eigenvalue weighted by molar-refractivity contribution is 9.10. The highest BCUT2D eigenvalue weighted by Gasteiger charge is 2.29. The molecule has 0 saturated carbocycles. The van der Waals surface area contributed by atoms with E-state index in [-0.39, 0.29) is 12.4 Å². The Hall–Kier alpha value is -2.19. The van der Waals surface area contributed by atoms with E-state index in [9.17, 15) is 12.8 Å². The lowest BCUT2D eigenvalue weighted by molar-refractivity contribution is 0.506. The summed E-state index contributed by atoms with van der Waals surface area (Å²) < 4.78 is 46.9. The van der Waals surface area contributed by atoms with E-state index in [0.717, 1.165) is 10.4 Å². The zero-order valence-corrected chi connectivity index (χ0v) is 14.7. The molecule has 0 amide bonds. The van der Waals surface area contributed by atoms with Crippen molar-refractivity contribution in [3.63, 3.8) is 0 Å². The molecule has 0 fully saturated rings. The van der Waals surface area contributed by atoms with Gasteiger partial charge in [0.1, 0.15) is 22.3 Å².